The highest BCUT2D eigenvalue weighted by molar-refractivity contribution is 5.64. The van der Waals surface area contributed by atoms with Gasteiger partial charge in [-0.15, -0.1) is 0 Å². The van der Waals surface area contributed by atoms with Gasteiger partial charge in [0.25, 0.3) is 0 Å². The molecule has 1 aliphatic carbocycles. The lowest BCUT2D eigenvalue weighted by atomic mass is 9.77. The average Bonchev–Trinajstić information content (AvgIpc) is 2.63. The van der Waals surface area contributed by atoms with Crippen molar-refractivity contribution in [2.24, 2.45) is 5.92 Å². The second-order valence-electron chi connectivity index (χ2n) is 7.82. The predicted octanol–water partition coefficient (Wildman–Crippen LogP) is 7.66. The highest BCUT2D eigenvalue weighted by Crippen LogP contribution is 2.38. The summed E-state index contributed by atoms with van der Waals surface area (Å²) in [4.78, 5) is 0. The second-order valence-corrected chi connectivity index (χ2v) is 7.82. The predicted molar refractivity (Wildman–Crippen MR) is 105 cm³/mol. The Morgan fingerprint density at radius 3 is 2.28 bits per heavy atom. The third-order valence-electron chi connectivity index (χ3n) is 5.89. The summed E-state index contributed by atoms with van der Waals surface area (Å²) < 4.78 is 14.7. The summed E-state index contributed by atoms with van der Waals surface area (Å²) in [6, 6.07) is 14.0. The number of benzene rings is 2. The number of hydrogen-bond acceptors (Lipinski definition) is 0. The maximum Gasteiger partial charge on any atom is 0.131 e. The number of aryl methyl sites for hydroxylation is 1. The fraction of sp³-hybridized carbons (Fsp3) is 0.500. The van der Waals surface area contributed by atoms with E-state index in [0.717, 1.165) is 17.0 Å². The van der Waals surface area contributed by atoms with Gasteiger partial charge < -0.3 is 0 Å². The fourth-order valence-corrected chi connectivity index (χ4v) is 4.22. The summed E-state index contributed by atoms with van der Waals surface area (Å²) in [6.45, 7) is 4.33. The molecule has 0 bridgehead atoms. The monoisotopic (exact) mass is 338 g/mol. The van der Waals surface area contributed by atoms with Gasteiger partial charge in [-0.3, -0.25) is 0 Å². The van der Waals surface area contributed by atoms with Gasteiger partial charge in [0, 0.05) is 5.56 Å². The molecular formula is C24H31F. The number of halogens is 1. The van der Waals surface area contributed by atoms with Crippen LogP contribution in [0.3, 0.4) is 0 Å². The van der Waals surface area contributed by atoms with Gasteiger partial charge in [-0.05, 0) is 61.6 Å². The van der Waals surface area contributed by atoms with Crippen molar-refractivity contribution in [1.82, 2.24) is 0 Å². The SMILES string of the molecule is CCCCCC1CCC(c2ccc(-c3ccc(C)cc3)c(F)c2)CC1. The zero-order valence-corrected chi connectivity index (χ0v) is 15.7. The third kappa shape index (κ3) is 4.71. The molecule has 1 heteroatoms. The first kappa shape index (κ1) is 18.2. The molecule has 1 fully saturated rings. The molecule has 1 aliphatic rings. The highest BCUT2D eigenvalue weighted by atomic mass is 19.1. The van der Waals surface area contributed by atoms with Crippen molar-refractivity contribution in [2.45, 2.75) is 71.1 Å². The van der Waals surface area contributed by atoms with Gasteiger partial charge in [0.05, 0.1) is 0 Å². The standard InChI is InChI=1S/C24H31F/c1-3-4-5-6-19-9-13-20(14-10-19)22-15-16-23(24(25)17-22)21-11-7-18(2)8-12-21/h7-8,11-12,15-17,19-20H,3-6,9-10,13-14H2,1-2H3. The van der Waals surface area contributed by atoms with E-state index in [0.29, 0.717) is 5.92 Å². The molecule has 134 valence electrons. The van der Waals surface area contributed by atoms with Gasteiger partial charge in [-0.25, -0.2) is 4.39 Å². The Hall–Kier alpha value is -1.63. The Balaban J connectivity index is 1.63. The van der Waals surface area contributed by atoms with E-state index in [9.17, 15) is 4.39 Å². The number of hydrogen-bond donors (Lipinski definition) is 0. The quantitative estimate of drug-likeness (QED) is 0.474. The van der Waals surface area contributed by atoms with Crippen LogP contribution in [0.5, 0.6) is 0 Å². The smallest absolute Gasteiger partial charge is 0.131 e. The molecule has 1 saturated carbocycles. The topological polar surface area (TPSA) is 0 Å². The fourth-order valence-electron chi connectivity index (χ4n) is 4.22. The van der Waals surface area contributed by atoms with E-state index in [1.54, 1.807) is 6.07 Å². The molecule has 2 aromatic carbocycles. The zero-order chi connectivity index (χ0) is 17.6. The van der Waals surface area contributed by atoms with Gasteiger partial charge in [-0.1, -0.05) is 74.6 Å². The lowest BCUT2D eigenvalue weighted by Crippen LogP contribution is -2.13. The molecule has 0 saturated heterocycles. The summed E-state index contributed by atoms with van der Waals surface area (Å²) in [7, 11) is 0. The van der Waals surface area contributed by atoms with Gasteiger partial charge in [-0.2, -0.15) is 0 Å². The summed E-state index contributed by atoms with van der Waals surface area (Å²) >= 11 is 0. The van der Waals surface area contributed by atoms with E-state index in [4.69, 9.17) is 0 Å². The van der Waals surface area contributed by atoms with Gasteiger partial charge in [0.15, 0.2) is 0 Å². The molecule has 0 amide bonds. The van der Waals surface area contributed by atoms with Gasteiger partial charge in [0.1, 0.15) is 5.82 Å². The van der Waals surface area contributed by atoms with Crippen molar-refractivity contribution in [2.75, 3.05) is 0 Å². The Morgan fingerprint density at radius 2 is 1.64 bits per heavy atom. The van der Waals surface area contributed by atoms with Crippen LogP contribution in [-0.2, 0) is 0 Å². The van der Waals surface area contributed by atoms with Crippen molar-refractivity contribution in [1.29, 1.82) is 0 Å². The molecule has 0 nitrogen and oxygen atoms in total. The highest BCUT2D eigenvalue weighted by Gasteiger charge is 2.22. The molecule has 0 unspecified atom stereocenters. The minimum atomic E-state index is -0.0774. The normalized spacial score (nSPS) is 20.6. The minimum absolute atomic E-state index is 0.0774. The zero-order valence-electron chi connectivity index (χ0n) is 15.7. The van der Waals surface area contributed by atoms with Crippen molar-refractivity contribution < 1.29 is 4.39 Å². The summed E-state index contributed by atoms with van der Waals surface area (Å²) in [6.07, 6.45) is 10.5. The summed E-state index contributed by atoms with van der Waals surface area (Å²) in [5.74, 6) is 1.37. The van der Waals surface area contributed by atoms with Crippen LogP contribution in [0.1, 0.15) is 75.3 Å². The largest absolute Gasteiger partial charge is 0.206 e. The van der Waals surface area contributed by atoms with Crippen LogP contribution in [0.4, 0.5) is 4.39 Å². The van der Waals surface area contributed by atoms with E-state index in [-0.39, 0.29) is 5.82 Å². The molecule has 2 aromatic rings. The molecule has 25 heavy (non-hydrogen) atoms. The third-order valence-corrected chi connectivity index (χ3v) is 5.89. The van der Waals surface area contributed by atoms with Crippen LogP contribution in [0.25, 0.3) is 11.1 Å². The summed E-state index contributed by atoms with van der Waals surface area (Å²) in [5.41, 5.74) is 4.09. The Kier molecular flexibility index (Phi) is 6.29. The maximum absolute atomic E-state index is 14.7. The van der Waals surface area contributed by atoms with Crippen molar-refractivity contribution >= 4 is 0 Å². The maximum atomic E-state index is 14.7. The molecule has 0 N–H and O–H groups in total. The first-order chi connectivity index (χ1) is 12.2. The Morgan fingerprint density at radius 1 is 0.920 bits per heavy atom. The molecule has 0 spiro atoms. The van der Waals surface area contributed by atoms with E-state index >= 15 is 0 Å². The van der Waals surface area contributed by atoms with Crippen LogP contribution < -0.4 is 0 Å². The average molecular weight is 339 g/mol. The Labute approximate surface area is 152 Å². The second kappa shape index (κ2) is 8.65. The van der Waals surface area contributed by atoms with Crippen LogP contribution in [0, 0.1) is 18.7 Å². The van der Waals surface area contributed by atoms with E-state index in [2.05, 4.69) is 19.9 Å². The lowest BCUT2D eigenvalue weighted by Gasteiger charge is -2.29. The van der Waals surface area contributed by atoms with Crippen LogP contribution in [-0.4, -0.2) is 0 Å². The van der Waals surface area contributed by atoms with E-state index in [1.807, 2.05) is 30.3 Å². The van der Waals surface area contributed by atoms with Crippen LogP contribution >= 0.6 is 0 Å². The molecule has 0 aromatic heterocycles. The first-order valence-corrected chi connectivity index (χ1v) is 10.0. The van der Waals surface area contributed by atoms with Crippen molar-refractivity contribution in [3.63, 3.8) is 0 Å². The minimum Gasteiger partial charge on any atom is -0.206 e. The number of unbranched alkanes of at least 4 members (excludes halogenated alkanes) is 2. The molecule has 0 radical (unpaired) electrons. The van der Waals surface area contributed by atoms with Crippen LogP contribution in [0.15, 0.2) is 42.5 Å². The molecule has 3 rings (SSSR count). The van der Waals surface area contributed by atoms with E-state index in [1.165, 1.54) is 62.5 Å². The van der Waals surface area contributed by atoms with Crippen molar-refractivity contribution in [3.8, 4) is 11.1 Å². The summed E-state index contributed by atoms with van der Waals surface area (Å²) in [5, 5.41) is 0. The van der Waals surface area contributed by atoms with Crippen molar-refractivity contribution in [3.05, 3.63) is 59.4 Å². The first-order valence-electron chi connectivity index (χ1n) is 10.0. The number of rotatable bonds is 6. The van der Waals surface area contributed by atoms with Gasteiger partial charge in [0.2, 0.25) is 0 Å². The molecular weight excluding hydrogens is 307 g/mol. The Bertz CT molecular complexity index is 663. The molecule has 0 heterocycles. The molecule has 0 atom stereocenters. The van der Waals surface area contributed by atoms with E-state index < -0.39 is 0 Å². The van der Waals surface area contributed by atoms with Gasteiger partial charge >= 0.3 is 0 Å². The molecule has 0 aliphatic heterocycles. The van der Waals surface area contributed by atoms with Crippen LogP contribution in [0.2, 0.25) is 0 Å². The lowest BCUT2D eigenvalue weighted by molar-refractivity contribution is 0.302.